The summed E-state index contributed by atoms with van der Waals surface area (Å²) in [6, 6.07) is 10.9. The third kappa shape index (κ3) is 5.47. The standard InChI is InChI=1S/C17H16Cl3N3OS/c1-3-24-12-6-4-11(5-7-12)21-17(25)23-22-10(2)13-8-9-14(18)16(20)15(13)19/h4-9H,3H2,1-2H3,(H2,21,23,25). The summed E-state index contributed by atoms with van der Waals surface area (Å²) < 4.78 is 5.39. The van der Waals surface area contributed by atoms with Crippen LogP contribution in [0.5, 0.6) is 5.75 Å². The van der Waals surface area contributed by atoms with Crippen molar-refractivity contribution in [2.75, 3.05) is 11.9 Å². The molecule has 0 radical (unpaired) electrons. The van der Waals surface area contributed by atoms with Crippen LogP contribution in [0.1, 0.15) is 19.4 Å². The summed E-state index contributed by atoms with van der Waals surface area (Å²) in [5.74, 6) is 0.801. The van der Waals surface area contributed by atoms with Crippen LogP contribution >= 0.6 is 47.0 Å². The van der Waals surface area contributed by atoms with Gasteiger partial charge in [-0.3, -0.25) is 5.43 Å². The highest BCUT2D eigenvalue weighted by Gasteiger charge is 2.11. The molecule has 0 amide bonds. The summed E-state index contributed by atoms with van der Waals surface area (Å²) in [6.45, 7) is 4.35. The Kier molecular flexibility index (Phi) is 7.32. The lowest BCUT2D eigenvalue weighted by atomic mass is 10.1. The minimum Gasteiger partial charge on any atom is -0.494 e. The van der Waals surface area contributed by atoms with E-state index in [0.29, 0.717) is 38.1 Å². The van der Waals surface area contributed by atoms with Gasteiger partial charge in [-0.05, 0) is 56.4 Å². The topological polar surface area (TPSA) is 45.6 Å². The number of halogens is 3. The number of rotatable bonds is 5. The summed E-state index contributed by atoms with van der Waals surface area (Å²) in [4.78, 5) is 0. The van der Waals surface area contributed by atoms with Crippen LogP contribution < -0.4 is 15.5 Å². The fourth-order valence-corrected chi connectivity index (χ4v) is 2.80. The number of anilines is 1. The molecule has 4 nitrogen and oxygen atoms in total. The second-order valence-electron chi connectivity index (χ2n) is 4.94. The quantitative estimate of drug-likeness (QED) is 0.282. The minimum absolute atomic E-state index is 0.297. The molecule has 0 bridgehead atoms. The number of hydrogen-bond acceptors (Lipinski definition) is 3. The van der Waals surface area contributed by atoms with Crippen LogP contribution in [0.15, 0.2) is 41.5 Å². The van der Waals surface area contributed by atoms with Crippen LogP contribution in [-0.2, 0) is 0 Å². The Bertz CT molecular complexity index is 794. The monoisotopic (exact) mass is 415 g/mol. The SMILES string of the molecule is CCOc1ccc(NC(=S)NN=C(C)c2ccc(Cl)c(Cl)c2Cl)cc1. The Hall–Kier alpha value is -1.53. The predicted molar refractivity (Wildman–Crippen MR) is 111 cm³/mol. The predicted octanol–water partition coefficient (Wildman–Crippen LogP) is 5.76. The van der Waals surface area contributed by atoms with Crippen LogP contribution in [0, 0.1) is 0 Å². The smallest absolute Gasteiger partial charge is 0.191 e. The minimum atomic E-state index is 0.297. The van der Waals surface area contributed by atoms with Gasteiger partial charge >= 0.3 is 0 Å². The molecule has 2 N–H and O–H groups in total. The third-order valence-electron chi connectivity index (χ3n) is 3.17. The maximum atomic E-state index is 6.19. The van der Waals surface area contributed by atoms with Gasteiger partial charge in [0.2, 0.25) is 0 Å². The van der Waals surface area contributed by atoms with Gasteiger partial charge in [-0.1, -0.05) is 40.9 Å². The highest BCUT2D eigenvalue weighted by Crippen LogP contribution is 2.32. The van der Waals surface area contributed by atoms with Gasteiger partial charge in [0.25, 0.3) is 0 Å². The molecule has 0 saturated carbocycles. The molecule has 0 aromatic heterocycles. The molecule has 132 valence electrons. The van der Waals surface area contributed by atoms with Gasteiger partial charge in [0.1, 0.15) is 5.75 Å². The van der Waals surface area contributed by atoms with Crippen LogP contribution in [-0.4, -0.2) is 17.4 Å². The van der Waals surface area contributed by atoms with Gasteiger partial charge in [-0.15, -0.1) is 0 Å². The summed E-state index contributed by atoms with van der Waals surface area (Å²) in [5.41, 5.74) is 4.89. The first-order chi connectivity index (χ1) is 11.9. The van der Waals surface area contributed by atoms with Gasteiger partial charge in [0.05, 0.1) is 27.4 Å². The van der Waals surface area contributed by atoms with Crippen molar-refractivity contribution in [1.82, 2.24) is 5.43 Å². The molecule has 2 aromatic rings. The van der Waals surface area contributed by atoms with E-state index in [1.54, 1.807) is 19.1 Å². The van der Waals surface area contributed by atoms with Gasteiger partial charge in [0, 0.05) is 11.3 Å². The Balaban J connectivity index is 2.00. The number of ether oxygens (including phenoxy) is 1. The molecule has 0 aliphatic heterocycles. The Morgan fingerprint density at radius 2 is 1.76 bits per heavy atom. The average molecular weight is 417 g/mol. The normalized spacial score (nSPS) is 11.2. The van der Waals surface area contributed by atoms with Gasteiger partial charge < -0.3 is 10.1 Å². The molecule has 25 heavy (non-hydrogen) atoms. The average Bonchev–Trinajstić information content (AvgIpc) is 2.60. The molecule has 0 spiro atoms. The van der Waals surface area contributed by atoms with Gasteiger partial charge in [-0.25, -0.2) is 0 Å². The first-order valence-corrected chi connectivity index (χ1v) is 8.94. The lowest BCUT2D eigenvalue weighted by Gasteiger charge is -2.10. The van der Waals surface area contributed by atoms with Crippen molar-refractivity contribution < 1.29 is 4.74 Å². The Morgan fingerprint density at radius 3 is 2.40 bits per heavy atom. The first-order valence-electron chi connectivity index (χ1n) is 7.40. The second-order valence-corrected chi connectivity index (χ2v) is 6.51. The highest BCUT2D eigenvalue weighted by molar-refractivity contribution is 7.80. The molecule has 2 rings (SSSR count). The van der Waals surface area contributed by atoms with E-state index in [0.717, 1.165) is 11.4 Å². The summed E-state index contributed by atoms with van der Waals surface area (Å²) >= 11 is 23.4. The van der Waals surface area contributed by atoms with Crippen molar-refractivity contribution >= 4 is 63.5 Å². The number of hydrogen-bond donors (Lipinski definition) is 2. The zero-order valence-corrected chi connectivity index (χ0v) is 16.7. The molecule has 8 heteroatoms. The number of thiocarbonyl (C=S) groups is 1. The van der Waals surface area contributed by atoms with Crippen LogP contribution in [0.3, 0.4) is 0 Å². The van der Waals surface area contributed by atoms with E-state index in [4.69, 9.17) is 51.8 Å². The molecule has 2 aromatic carbocycles. The van der Waals surface area contributed by atoms with Crippen LogP contribution in [0.25, 0.3) is 0 Å². The zero-order valence-electron chi connectivity index (χ0n) is 13.6. The number of nitrogens with one attached hydrogen (secondary N) is 2. The first kappa shape index (κ1) is 19.8. The number of nitrogens with zero attached hydrogens (tertiary/aromatic N) is 1. The second kappa shape index (κ2) is 9.25. The largest absolute Gasteiger partial charge is 0.494 e. The van der Waals surface area contributed by atoms with Crippen LogP contribution in [0.2, 0.25) is 15.1 Å². The zero-order chi connectivity index (χ0) is 18.4. The van der Waals surface area contributed by atoms with E-state index in [1.165, 1.54) is 0 Å². The Morgan fingerprint density at radius 1 is 1.08 bits per heavy atom. The molecule has 0 saturated heterocycles. The number of benzene rings is 2. The van der Waals surface area contributed by atoms with Crippen molar-refractivity contribution in [3.63, 3.8) is 0 Å². The summed E-state index contributed by atoms with van der Waals surface area (Å²) in [6.07, 6.45) is 0. The molecule has 0 fully saturated rings. The summed E-state index contributed by atoms with van der Waals surface area (Å²) in [7, 11) is 0. The highest BCUT2D eigenvalue weighted by atomic mass is 35.5. The van der Waals surface area contributed by atoms with E-state index in [1.807, 2.05) is 31.2 Å². The van der Waals surface area contributed by atoms with Crippen molar-refractivity contribution in [2.24, 2.45) is 5.10 Å². The number of hydrazone groups is 1. The molecule has 0 aliphatic rings. The molecular formula is C17H16Cl3N3OS. The maximum absolute atomic E-state index is 6.19. The van der Waals surface area contributed by atoms with Crippen molar-refractivity contribution in [3.8, 4) is 5.75 Å². The molecule has 0 unspecified atom stereocenters. The van der Waals surface area contributed by atoms with Crippen molar-refractivity contribution in [1.29, 1.82) is 0 Å². The van der Waals surface area contributed by atoms with E-state index in [-0.39, 0.29) is 0 Å². The fourth-order valence-electron chi connectivity index (χ4n) is 1.96. The molecule has 0 aliphatic carbocycles. The molecule has 0 heterocycles. The van der Waals surface area contributed by atoms with Crippen LogP contribution in [0.4, 0.5) is 5.69 Å². The maximum Gasteiger partial charge on any atom is 0.191 e. The van der Waals surface area contributed by atoms with Crippen molar-refractivity contribution in [3.05, 3.63) is 57.0 Å². The van der Waals surface area contributed by atoms with E-state index >= 15 is 0 Å². The summed E-state index contributed by atoms with van der Waals surface area (Å²) in [5, 5.41) is 8.64. The van der Waals surface area contributed by atoms with E-state index in [2.05, 4.69) is 15.8 Å². The van der Waals surface area contributed by atoms with E-state index < -0.39 is 0 Å². The van der Waals surface area contributed by atoms with Gasteiger partial charge in [0.15, 0.2) is 5.11 Å². The van der Waals surface area contributed by atoms with Crippen molar-refractivity contribution in [2.45, 2.75) is 13.8 Å². The van der Waals surface area contributed by atoms with E-state index in [9.17, 15) is 0 Å². The van der Waals surface area contributed by atoms with Gasteiger partial charge in [-0.2, -0.15) is 5.10 Å². The molecule has 0 atom stereocenters. The lowest BCUT2D eigenvalue weighted by Crippen LogP contribution is -2.25. The fraction of sp³-hybridized carbons (Fsp3) is 0.176. The molecular weight excluding hydrogens is 401 g/mol. The third-order valence-corrected chi connectivity index (χ3v) is 4.66. The lowest BCUT2D eigenvalue weighted by molar-refractivity contribution is 0.340. The Labute approximate surface area is 167 Å².